The third-order valence-electron chi connectivity index (χ3n) is 3.38. The number of allylic oxidation sites excluding steroid dienone is 4. The number of methoxy groups -OCH3 is 1. The van der Waals surface area contributed by atoms with Crippen LogP contribution in [-0.2, 0) is 6.42 Å². The number of hydrogen-bond donors (Lipinski definition) is 0. The summed E-state index contributed by atoms with van der Waals surface area (Å²) >= 11 is 0. The van der Waals surface area contributed by atoms with Crippen LogP contribution in [0.15, 0.2) is 47.6 Å². The van der Waals surface area contributed by atoms with Crippen molar-refractivity contribution in [3.63, 3.8) is 0 Å². The van der Waals surface area contributed by atoms with Gasteiger partial charge in [0.25, 0.3) is 0 Å². The molecule has 0 aliphatic heterocycles. The summed E-state index contributed by atoms with van der Waals surface area (Å²) in [6.07, 6.45) is 8.12. The highest BCUT2D eigenvalue weighted by atomic mass is 16.5. The van der Waals surface area contributed by atoms with E-state index in [2.05, 4.69) is 52.0 Å². The summed E-state index contributed by atoms with van der Waals surface area (Å²) in [5.41, 5.74) is 4.26. The van der Waals surface area contributed by atoms with Crippen molar-refractivity contribution in [1.29, 1.82) is 0 Å². The van der Waals surface area contributed by atoms with Gasteiger partial charge in [-0.3, -0.25) is 0 Å². The van der Waals surface area contributed by atoms with Crippen molar-refractivity contribution in [2.75, 3.05) is 7.11 Å². The average molecular weight is 272 g/mol. The van der Waals surface area contributed by atoms with Crippen molar-refractivity contribution in [2.24, 2.45) is 5.92 Å². The number of hydrogen-bond acceptors (Lipinski definition) is 1. The highest BCUT2D eigenvalue weighted by molar-refractivity contribution is 5.27. The molecule has 1 rings (SSSR count). The lowest BCUT2D eigenvalue weighted by atomic mass is 9.97. The summed E-state index contributed by atoms with van der Waals surface area (Å²) in [7, 11) is 1.70. The van der Waals surface area contributed by atoms with Crippen molar-refractivity contribution in [1.82, 2.24) is 0 Å². The first kappa shape index (κ1) is 16.6. The molecule has 1 aromatic carbocycles. The molecule has 1 heteroatoms. The fraction of sp³-hybridized carbons (Fsp3) is 0.474. The monoisotopic (exact) mass is 272 g/mol. The molecule has 1 atom stereocenters. The summed E-state index contributed by atoms with van der Waals surface area (Å²) < 4.78 is 5.18. The fourth-order valence-corrected chi connectivity index (χ4v) is 2.35. The van der Waals surface area contributed by atoms with E-state index in [1.54, 1.807) is 7.11 Å². The zero-order chi connectivity index (χ0) is 15.0. The van der Waals surface area contributed by atoms with Gasteiger partial charge in [0.2, 0.25) is 0 Å². The van der Waals surface area contributed by atoms with Crippen LogP contribution in [0.25, 0.3) is 0 Å². The van der Waals surface area contributed by atoms with Crippen LogP contribution in [0.3, 0.4) is 0 Å². The van der Waals surface area contributed by atoms with Crippen LogP contribution in [0, 0.1) is 5.92 Å². The molecule has 1 nitrogen and oxygen atoms in total. The normalized spacial score (nSPS) is 12.9. The largest absolute Gasteiger partial charge is 0.497 e. The molecule has 0 saturated heterocycles. The van der Waals surface area contributed by atoms with Gasteiger partial charge in [0, 0.05) is 0 Å². The zero-order valence-corrected chi connectivity index (χ0v) is 13.6. The molecule has 110 valence electrons. The van der Waals surface area contributed by atoms with E-state index in [1.165, 1.54) is 16.7 Å². The molecular weight excluding hydrogens is 244 g/mol. The van der Waals surface area contributed by atoms with E-state index in [9.17, 15) is 0 Å². The molecule has 0 radical (unpaired) electrons. The van der Waals surface area contributed by atoms with E-state index in [0.717, 1.165) is 25.0 Å². The molecular formula is C19H28O. The summed E-state index contributed by atoms with van der Waals surface area (Å²) in [5.74, 6) is 1.50. The van der Waals surface area contributed by atoms with Crippen LogP contribution in [0.2, 0.25) is 0 Å². The second kappa shape index (κ2) is 8.63. The van der Waals surface area contributed by atoms with Gasteiger partial charge in [-0.25, -0.2) is 0 Å². The molecule has 1 aromatic rings. The minimum atomic E-state index is 0.579. The molecule has 0 bridgehead atoms. The first-order valence-corrected chi connectivity index (χ1v) is 7.45. The molecule has 0 N–H and O–H groups in total. The van der Waals surface area contributed by atoms with Crippen LogP contribution in [-0.4, -0.2) is 7.11 Å². The standard InChI is InChI=1S/C19H28O/c1-15(2)7-6-8-16(3)13-17(4)14-18-9-11-19(20-5)12-10-18/h7,9-13,17H,6,8,14H2,1-5H3/b16-13+. The van der Waals surface area contributed by atoms with Crippen molar-refractivity contribution >= 4 is 0 Å². The van der Waals surface area contributed by atoms with E-state index in [1.807, 2.05) is 12.1 Å². The highest BCUT2D eigenvalue weighted by Crippen LogP contribution is 2.17. The van der Waals surface area contributed by atoms with Crippen LogP contribution in [0.5, 0.6) is 5.75 Å². The molecule has 0 aromatic heterocycles. The van der Waals surface area contributed by atoms with Gasteiger partial charge in [0.05, 0.1) is 7.11 Å². The smallest absolute Gasteiger partial charge is 0.118 e. The Labute approximate surface area is 124 Å². The van der Waals surface area contributed by atoms with E-state index >= 15 is 0 Å². The average Bonchev–Trinajstić information content (AvgIpc) is 2.38. The summed E-state index contributed by atoms with van der Waals surface area (Å²) in [6, 6.07) is 8.38. The number of ether oxygens (including phenoxy) is 1. The van der Waals surface area contributed by atoms with Crippen LogP contribution < -0.4 is 4.74 Å². The molecule has 0 saturated carbocycles. The Hall–Kier alpha value is -1.50. The van der Waals surface area contributed by atoms with E-state index in [-0.39, 0.29) is 0 Å². The van der Waals surface area contributed by atoms with Gasteiger partial charge >= 0.3 is 0 Å². The molecule has 1 unspecified atom stereocenters. The zero-order valence-electron chi connectivity index (χ0n) is 13.6. The predicted molar refractivity (Wildman–Crippen MR) is 88.3 cm³/mol. The molecule has 0 aliphatic rings. The molecule has 0 fully saturated rings. The summed E-state index contributed by atoms with van der Waals surface area (Å²) in [5, 5.41) is 0. The summed E-state index contributed by atoms with van der Waals surface area (Å²) in [4.78, 5) is 0. The molecule has 0 aliphatic carbocycles. The Morgan fingerprint density at radius 3 is 2.35 bits per heavy atom. The first-order chi connectivity index (χ1) is 9.51. The Kier molecular flexibility index (Phi) is 7.14. The maximum Gasteiger partial charge on any atom is 0.118 e. The topological polar surface area (TPSA) is 9.23 Å². The van der Waals surface area contributed by atoms with Gasteiger partial charge in [0.15, 0.2) is 0 Å². The fourth-order valence-electron chi connectivity index (χ4n) is 2.35. The second-order valence-corrected chi connectivity index (χ2v) is 5.86. The number of benzene rings is 1. The minimum Gasteiger partial charge on any atom is -0.497 e. The molecule has 0 spiro atoms. The third-order valence-corrected chi connectivity index (χ3v) is 3.38. The predicted octanol–water partition coefficient (Wildman–Crippen LogP) is 5.57. The van der Waals surface area contributed by atoms with Crippen LogP contribution >= 0.6 is 0 Å². The third kappa shape index (κ3) is 6.60. The van der Waals surface area contributed by atoms with E-state index < -0.39 is 0 Å². The Bertz CT molecular complexity index is 447. The van der Waals surface area contributed by atoms with Gasteiger partial charge in [-0.2, -0.15) is 0 Å². The maximum atomic E-state index is 5.18. The van der Waals surface area contributed by atoms with Gasteiger partial charge in [-0.15, -0.1) is 0 Å². The Morgan fingerprint density at radius 1 is 1.15 bits per heavy atom. The SMILES string of the molecule is COc1ccc(CC(C)/C=C(\C)CCC=C(C)C)cc1. The first-order valence-electron chi connectivity index (χ1n) is 7.45. The van der Waals surface area contributed by atoms with Crippen LogP contribution in [0.1, 0.15) is 46.1 Å². The van der Waals surface area contributed by atoms with Crippen LogP contribution in [0.4, 0.5) is 0 Å². The van der Waals surface area contributed by atoms with Crippen molar-refractivity contribution in [3.05, 3.63) is 53.1 Å². The van der Waals surface area contributed by atoms with E-state index in [0.29, 0.717) is 5.92 Å². The summed E-state index contributed by atoms with van der Waals surface area (Å²) in [6.45, 7) is 8.84. The van der Waals surface area contributed by atoms with Gasteiger partial charge in [0.1, 0.15) is 5.75 Å². The lowest BCUT2D eigenvalue weighted by Gasteiger charge is -2.09. The molecule has 20 heavy (non-hydrogen) atoms. The number of rotatable bonds is 7. The van der Waals surface area contributed by atoms with Crippen molar-refractivity contribution in [3.8, 4) is 5.75 Å². The second-order valence-electron chi connectivity index (χ2n) is 5.86. The molecule has 0 amide bonds. The quantitative estimate of drug-likeness (QED) is 0.590. The highest BCUT2D eigenvalue weighted by Gasteiger charge is 2.02. The Morgan fingerprint density at radius 2 is 1.80 bits per heavy atom. The van der Waals surface area contributed by atoms with Crippen molar-refractivity contribution < 1.29 is 4.74 Å². The lowest BCUT2D eigenvalue weighted by Crippen LogP contribution is -1.97. The minimum absolute atomic E-state index is 0.579. The molecule has 0 heterocycles. The Balaban J connectivity index is 2.48. The van der Waals surface area contributed by atoms with Gasteiger partial charge in [-0.05, 0) is 63.6 Å². The van der Waals surface area contributed by atoms with E-state index in [4.69, 9.17) is 4.74 Å². The maximum absolute atomic E-state index is 5.18. The van der Waals surface area contributed by atoms with Crippen molar-refractivity contribution in [2.45, 2.75) is 47.0 Å². The van der Waals surface area contributed by atoms with Gasteiger partial charge < -0.3 is 4.74 Å². The van der Waals surface area contributed by atoms with Gasteiger partial charge in [-0.1, -0.05) is 42.4 Å². The lowest BCUT2D eigenvalue weighted by molar-refractivity contribution is 0.414.